The van der Waals surface area contributed by atoms with Crippen LogP contribution in [0.5, 0.6) is 0 Å². The molecular formula is C15H15BrO2S. The first-order valence-corrected chi connectivity index (χ1v) is 7.90. The van der Waals surface area contributed by atoms with Crippen molar-refractivity contribution in [2.75, 3.05) is 5.75 Å². The minimum Gasteiger partial charge on any atom is -0.468 e. The van der Waals surface area contributed by atoms with Crippen molar-refractivity contribution in [1.82, 2.24) is 0 Å². The average Bonchev–Trinajstić information content (AvgIpc) is 2.81. The Bertz CT molecular complexity index is 546. The van der Waals surface area contributed by atoms with Crippen LogP contribution < -0.4 is 0 Å². The number of benzene rings is 1. The number of halogens is 1. The van der Waals surface area contributed by atoms with Gasteiger partial charge in [-0.05, 0) is 37.3 Å². The smallest absolute Gasteiger partial charge is 0.162 e. The monoisotopic (exact) mass is 338 g/mol. The van der Waals surface area contributed by atoms with Crippen LogP contribution in [0.25, 0.3) is 0 Å². The molecule has 0 saturated heterocycles. The predicted octanol–water partition coefficient (Wildman–Crippen LogP) is 5.11. The third-order valence-electron chi connectivity index (χ3n) is 2.78. The highest BCUT2D eigenvalue weighted by atomic mass is 79.9. The summed E-state index contributed by atoms with van der Waals surface area (Å²) in [5.41, 5.74) is 0.785. The highest BCUT2D eigenvalue weighted by Gasteiger charge is 2.06. The molecule has 0 unspecified atom stereocenters. The Morgan fingerprint density at radius 1 is 1.26 bits per heavy atom. The molecule has 0 saturated carbocycles. The Morgan fingerprint density at radius 2 is 2.00 bits per heavy atom. The fourth-order valence-corrected chi connectivity index (χ4v) is 2.89. The Kier molecular flexibility index (Phi) is 5.28. The molecule has 0 spiro atoms. The number of Topliss-reactive ketones (excluding diaryl/α,β-unsaturated/α-hetero) is 1. The molecule has 1 aromatic carbocycles. The topological polar surface area (TPSA) is 30.2 Å². The maximum Gasteiger partial charge on any atom is 0.162 e. The lowest BCUT2D eigenvalue weighted by Crippen LogP contribution is -1.99. The lowest BCUT2D eigenvalue weighted by Gasteiger charge is -2.02. The zero-order chi connectivity index (χ0) is 13.7. The Hall–Kier alpha value is -1.00. The number of ketones is 1. The summed E-state index contributed by atoms with van der Waals surface area (Å²) in [6, 6.07) is 9.49. The Morgan fingerprint density at radius 3 is 2.63 bits per heavy atom. The molecule has 2 nitrogen and oxygen atoms in total. The van der Waals surface area contributed by atoms with Crippen molar-refractivity contribution in [3.63, 3.8) is 0 Å². The minimum absolute atomic E-state index is 0.206. The van der Waals surface area contributed by atoms with E-state index >= 15 is 0 Å². The maximum atomic E-state index is 11.9. The van der Waals surface area contributed by atoms with E-state index in [2.05, 4.69) is 15.9 Å². The molecule has 0 amide bonds. The van der Waals surface area contributed by atoms with Crippen LogP contribution in [0.3, 0.4) is 0 Å². The van der Waals surface area contributed by atoms with Crippen molar-refractivity contribution in [2.45, 2.75) is 24.7 Å². The fraction of sp³-hybridized carbons (Fsp3) is 0.267. The maximum absolute atomic E-state index is 11.9. The normalized spacial score (nSPS) is 10.6. The predicted molar refractivity (Wildman–Crippen MR) is 81.9 cm³/mol. The zero-order valence-corrected chi connectivity index (χ0v) is 13.1. The largest absolute Gasteiger partial charge is 0.468 e. The Balaban J connectivity index is 1.75. The molecule has 1 aromatic heterocycles. The summed E-state index contributed by atoms with van der Waals surface area (Å²) in [6.07, 6.45) is 3.17. The third-order valence-corrected chi connectivity index (χ3v) is 4.54. The zero-order valence-electron chi connectivity index (χ0n) is 10.7. The van der Waals surface area contributed by atoms with Gasteiger partial charge in [-0.25, -0.2) is 0 Å². The molecule has 0 bridgehead atoms. The van der Waals surface area contributed by atoms with Gasteiger partial charge in [-0.1, -0.05) is 28.1 Å². The first-order valence-electron chi connectivity index (χ1n) is 6.12. The van der Waals surface area contributed by atoms with Crippen molar-refractivity contribution < 1.29 is 9.21 Å². The molecule has 100 valence electrons. The van der Waals surface area contributed by atoms with Crippen molar-refractivity contribution in [3.8, 4) is 0 Å². The second-order valence-electron chi connectivity index (χ2n) is 4.22. The number of hydrogen-bond acceptors (Lipinski definition) is 3. The number of hydrogen-bond donors (Lipinski definition) is 0. The van der Waals surface area contributed by atoms with Crippen LogP contribution >= 0.6 is 27.7 Å². The number of aryl methyl sites for hydroxylation is 1. The highest BCUT2D eigenvalue weighted by Crippen LogP contribution is 2.24. The molecule has 4 heteroatoms. The summed E-state index contributed by atoms with van der Waals surface area (Å²) >= 11 is 5.10. The van der Waals surface area contributed by atoms with Crippen LogP contribution in [0.1, 0.15) is 29.0 Å². The van der Waals surface area contributed by atoms with Gasteiger partial charge >= 0.3 is 0 Å². The van der Waals surface area contributed by atoms with E-state index in [1.54, 1.807) is 18.0 Å². The van der Waals surface area contributed by atoms with Crippen LogP contribution in [-0.4, -0.2) is 11.5 Å². The van der Waals surface area contributed by atoms with Gasteiger partial charge in [0.2, 0.25) is 0 Å². The van der Waals surface area contributed by atoms with Gasteiger partial charge < -0.3 is 4.42 Å². The van der Waals surface area contributed by atoms with E-state index in [1.165, 1.54) is 0 Å². The summed E-state index contributed by atoms with van der Waals surface area (Å²) in [5, 5.41) is 0. The van der Waals surface area contributed by atoms with Gasteiger partial charge in [0.25, 0.3) is 0 Å². The van der Waals surface area contributed by atoms with E-state index in [4.69, 9.17) is 4.42 Å². The minimum atomic E-state index is 0.206. The molecule has 19 heavy (non-hydrogen) atoms. The molecule has 0 aliphatic rings. The van der Waals surface area contributed by atoms with Gasteiger partial charge in [0.05, 0.1) is 6.26 Å². The number of rotatable bonds is 6. The van der Waals surface area contributed by atoms with Crippen molar-refractivity contribution >= 4 is 33.5 Å². The van der Waals surface area contributed by atoms with Gasteiger partial charge in [0, 0.05) is 21.4 Å². The van der Waals surface area contributed by atoms with E-state index in [1.807, 2.05) is 37.3 Å². The van der Waals surface area contributed by atoms with E-state index < -0.39 is 0 Å². The van der Waals surface area contributed by atoms with Crippen LogP contribution in [0, 0.1) is 6.92 Å². The highest BCUT2D eigenvalue weighted by molar-refractivity contribution is 9.10. The number of thioether (sulfide) groups is 1. The van der Waals surface area contributed by atoms with Gasteiger partial charge in [0.1, 0.15) is 5.76 Å². The molecule has 0 atom stereocenters. The summed E-state index contributed by atoms with van der Waals surface area (Å²) in [5.74, 6) is 2.09. The van der Waals surface area contributed by atoms with E-state index in [0.29, 0.717) is 6.42 Å². The lowest BCUT2D eigenvalue weighted by atomic mass is 10.1. The SMILES string of the molecule is Cc1occc1SCCCC(=O)c1ccc(Br)cc1. The molecule has 1 heterocycles. The van der Waals surface area contributed by atoms with Crippen molar-refractivity contribution in [1.29, 1.82) is 0 Å². The molecule has 2 rings (SSSR count). The number of carbonyl (C=O) groups excluding carboxylic acids is 1. The number of furan rings is 1. The first kappa shape index (κ1) is 14.4. The molecule has 2 aromatic rings. The summed E-state index contributed by atoms with van der Waals surface area (Å²) < 4.78 is 6.23. The van der Waals surface area contributed by atoms with E-state index in [-0.39, 0.29) is 5.78 Å². The van der Waals surface area contributed by atoms with E-state index in [9.17, 15) is 4.79 Å². The fourth-order valence-electron chi connectivity index (χ4n) is 1.72. The quantitative estimate of drug-likeness (QED) is 0.416. The summed E-state index contributed by atoms with van der Waals surface area (Å²) in [7, 11) is 0. The third kappa shape index (κ3) is 4.25. The first-order chi connectivity index (χ1) is 9.16. The molecule has 0 aliphatic carbocycles. The van der Waals surface area contributed by atoms with Gasteiger partial charge in [-0.2, -0.15) is 0 Å². The van der Waals surface area contributed by atoms with Crippen LogP contribution in [-0.2, 0) is 0 Å². The lowest BCUT2D eigenvalue weighted by molar-refractivity contribution is 0.0982. The van der Waals surface area contributed by atoms with Crippen molar-refractivity contribution in [3.05, 3.63) is 52.4 Å². The van der Waals surface area contributed by atoms with Gasteiger partial charge in [0.15, 0.2) is 5.78 Å². The van der Waals surface area contributed by atoms with Crippen molar-refractivity contribution in [2.24, 2.45) is 0 Å². The van der Waals surface area contributed by atoms with Gasteiger partial charge in [-0.3, -0.25) is 4.79 Å². The second-order valence-corrected chi connectivity index (χ2v) is 6.28. The number of carbonyl (C=O) groups is 1. The van der Waals surface area contributed by atoms with Crippen LogP contribution in [0.15, 0.2) is 50.4 Å². The molecule has 0 fully saturated rings. The molecular weight excluding hydrogens is 324 g/mol. The van der Waals surface area contributed by atoms with Crippen LogP contribution in [0.2, 0.25) is 0 Å². The average molecular weight is 339 g/mol. The molecule has 0 radical (unpaired) electrons. The van der Waals surface area contributed by atoms with Gasteiger partial charge in [-0.15, -0.1) is 11.8 Å². The van der Waals surface area contributed by atoms with Crippen LogP contribution in [0.4, 0.5) is 0 Å². The Labute approximate surface area is 125 Å². The summed E-state index contributed by atoms with van der Waals surface area (Å²) in [6.45, 7) is 1.95. The van der Waals surface area contributed by atoms with E-state index in [0.717, 1.165) is 32.9 Å². The second kappa shape index (κ2) is 6.96. The molecule has 0 N–H and O–H groups in total. The molecule has 0 aliphatic heterocycles. The standard InChI is InChI=1S/C15H15BrO2S/c1-11-15(8-9-18-11)19-10-2-3-14(17)12-4-6-13(16)7-5-12/h4-9H,2-3,10H2,1H3. The summed E-state index contributed by atoms with van der Waals surface area (Å²) in [4.78, 5) is 13.1.